The molecule has 0 spiro atoms. The minimum Gasteiger partial charge on any atom is -0.493 e. The van der Waals surface area contributed by atoms with Crippen LogP contribution in [0, 0.1) is 5.92 Å². The Balaban J connectivity index is 1.62. The molecular formula is C23H21NO. The summed E-state index contributed by atoms with van der Waals surface area (Å²) in [5.41, 5.74) is 4.03. The molecule has 5 rings (SSSR count). The molecule has 0 aliphatic carbocycles. The van der Waals surface area contributed by atoms with Crippen LogP contribution in [0.25, 0.3) is 0 Å². The lowest BCUT2D eigenvalue weighted by molar-refractivity contribution is 0.193. The van der Waals surface area contributed by atoms with Crippen LogP contribution in [0.3, 0.4) is 0 Å². The lowest BCUT2D eigenvalue weighted by Gasteiger charge is -2.31. The second kappa shape index (κ2) is 6.05. The van der Waals surface area contributed by atoms with Crippen molar-refractivity contribution in [3.05, 3.63) is 102 Å². The third-order valence-corrected chi connectivity index (χ3v) is 5.64. The van der Waals surface area contributed by atoms with Crippen LogP contribution >= 0.6 is 0 Å². The Labute approximate surface area is 148 Å². The first-order chi connectivity index (χ1) is 12.4. The molecule has 2 aliphatic heterocycles. The van der Waals surface area contributed by atoms with Crippen LogP contribution in [0.4, 0.5) is 0 Å². The molecule has 4 unspecified atom stereocenters. The zero-order valence-electron chi connectivity index (χ0n) is 14.0. The Kier molecular flexibility index (Phi) is 3.57. The Morgan fingerprint density at radius 1 is 0.680 bits per heavy atom. The molecule has 2 heterocycles. The highest BCUT2D eigenvalue weighted by atomic mass is 16.5. The third kappa shape index (κ3) is 2.45. The molecule has 25 heavy (non-hydrogen) atoms. The predicted molar refractivity (Wildman–Crippen MR) is 99.7 cm³/mol. The molecular weight excluding hydrogens is 306 g/mol. The van der Waals surface area contributed by atoms with Gasteiger partial charge in [-0.1, -0.05) is 78.9 Å². The lowest BCUT2D eigenvalue weighted by atomic mass is 9.78. The third-order valence-electron chi connectivity index (χ3n) is 5.64. The van der Waals surface area contributed by atoms with E-state index in [-0.39, 0.29) is 0 Å². The molecule has 0 amide bonds. The number of rotatable bonds is 2. The summed E-state index contributed by atoms with van der Waals surface area (Å²) in [6.45, 7) is 0.761. The smallest absolute Gasteiger partial charge is 0.124 e. The van der Waals surface area contributed by atoms with Gasteiger partial charge in [-0.25, -0.2) is 0 Å². The minimum absolute atomic E-state index is 0.299. The van der Waals surface area contributed by atoms with E-state index in [0.717, 1.165) is 12.4 Å². The van der Waals surface area contributed by atoms with Gasteiger partial charge in [0.05, 0.1) is 6.61 Å². The van der Waals surface area contributed by atoms with E-state index in [1.165, 1.54) is 16.7 Å². The number of benzene rings is 3. The monoisotopic (exact) mass is 327 g/mol. The van der Waals surface area contributed by atoms with Crippen molar-refractivity contribution in [2.45, 2.75) is 18.0 Å². The van der Waals surface area contributed by atoms with Gasteiger partial charge < -0.3 is 10.1 Å². The maximum atomic E-state index is 6.13. The van der Waals surface area contributed by atoms with E-state index in [1.807, 2.05) is 0 Å². The second-order valence-electron chi connectivity index (χ2n) is 6.98. The highest BCUT2D eigenvalue weighted by Crippen LogP contribution is 2.52. The van der Waals surface area contributed by atoms with Crippen molar-refractivity contribution in [1.82, 2.24) is 5.32 Å². The van der Waals surface area contributed by atoms with Gasteiger partial charge in [-0.05, 0) is 17.2 Å². The molecule has 2 nitrogen and oxygen atoms in total. The zero-order valence-corrected chi connectivity index (χ0v) is 14.0. The van der Waals surface area contributed by atoms with Crippen molar-refractivity contribution in [1.29, 1.82) is 0 Å². The SMILES string of the molecule is c1ccc(C2NC3c4ccccc4OCC3C2c2ccccc2)cc1. The minimum atomic E-state index is 0.299. The highest BCUT2D eigenvalue weighted by molar-refractivity contribution is 5.42. The summed E-state index contributed by atoms with van der Waals surface area (Å²) < 4.78 is 6.13. The van der Waals surface area contributed by atoms with Crippen LogP contribution in [0.5, 0.6) is 5.75 Å². The van der Waals surface area contributed by atoms with Gasteiger partial charge in [-0.2, -0.15) is 0 Å². The number of nitrogens with one attached hydrogen (secondary N) is 1. The van der Waals surface area contributed by atoms with E-state index in [1.54, 1.807) is 0 Å². The van der Waals surface area contributed by atoms with Crippen molar-refractivity contribution in [2.24, 2.45) is 5.92 Å². The Bertz CT molecular complexity index is 862. The maximum Gasteiger partial charge on any atom is 0.124 e. The van der Waals surface area contributed by atoms with Gasteiger partial charge >= 0.3 is 0 Å². The summed E-state index contributed by atoms with van der Waals surface area (Å²) in [5.74, 6) is 1.86. The van der Waals surface area contributed by atoms with E-state index >= 15 is 0 Å². The van der Waals surface area contributed by atoms with Gasteiger partial charge in [0.2, 0.25) is 0 Å². The Morgan fingerprint density at radius 3 is 2.08 bits per heavy atom. The molecule has 4 atom stereocenters. The maximum absolute atomic E-state index is 6.13. The number of fused-ring (bicyclic) bond motifs is 3. The van der Waals surface area contributed by atoms with E-state index in [2.05, 4.69) is 90.2 Å². The fourth-order valence-electron chi connectivity index (χ4n) is 4.53. The Morgan fingerprint density at radius 2 is 1.32 bits per heavy atom. The largest absolute Gasteiger partial charge is 0.493 e. The summed E-state index contributed by atoms with van der Waals surface area (Å²) in [4.78, 5) is 0. The van der Waals surface area contributed by atoms with E-state index < -0.39 is 0 Å². The summed E-state index contributed by atoms with van der Waals surface area (Å²) in [6.07, 6.45) is 0. The number of ether oxygens (including phenoxy) is 1. The first kappa shape index (κ1) is 14.7. The van der Waals surface area contributed by atoms with Crippen LogP contribution in [0.2, 0.25) is 0 Å². The molecule has 1 N–H and O–H groups in total. The Hall–Kier alpha value is -2.58. The molecule has 124 valence electrons. The predicted octanol–water partition coefficient (Wildman–Crippen LogP) is 4.86. The average Bonchev–Trinajstić information content (AvgIpc) is 3.09. The van der Waals surface area contributed by atoms with Gasteiger partial charge in [0.15, 0.2) is 0 Å². The average molecular weight is 327 g/mol. The summed E-state index contributed by atoms with van der Waals surface area (Å²) in [5, 5.41) is 3.93. The molecule has 0 saturated carbocycles. The fourth-order valence-corrected chi connectivity index (χ4v) is 4.53. The quantitative estimate of drug-likeness (QED) is 0.725. The van der Waals surface area contributed by atoms with E-state index in [0.29, 0.717) is 23.9 Å². The van der Waals surface area contributed by atoms with Crippen LogP contribution in [-0.2, 0) is 0 Å². The summed E-state index contributed by atoms with van der Waals surface area (Å²) >= 11 is 0. The first-order valence-electron chi connectivity index (χ1n) is 8.99. The van der Waals surface area contributed by atoms with Gasteiger partial charge in [0.25, 0.3) is 0 Å². The molecule has 3 aromatic rings. The normalized spacial score (nSPS) is 27.2. The van der Waals surface area contributed by atoms with Gasteiger partial charge in [-0.3, -0.25) is 0 Å². The van der Waals surface area contributed by atoms with Gasteiger partial charge in [-0.15, -0.1) is 0 Å². The van der Waals surface area contributed by atoms with Crippen LogP contribution < -0.4 is 10.1 Å². The standard InChI is InChI=1S/C23H21NO/c1-3-9-16(10-4-1)21-19-15-25-20-14-8-7-13-18(20)23(19)24-22(21)17-11-5-2-6-12-17/h1-14,19,21-24H,15H2. The fraction of sp³-hybridized carbons (Fsp3) is 0.217. The highest BCUT2D eigenvalue weighted by Gasteiger charge is 2.47. The molecule has 0 bridgehead atoms. The second-order valence-corrected chi connectivity index (χ2v) is 6.98. The summed E-state index contributed by atoms with van der Waals surface area (Å²) in [6, 6.07) is 30.8. The van der Waals surface area contributed by atoms with Crippen molar-refractivity contribution in [2.75, 3.05) is 6.61 Å². The molecule has 2 aliphatic rings. The van der Waals surface area contributed by atoms with Crippen LogP contribution in [0.15, 0.2) is 84.9 Å². The van der Waals surface area contributed by atoms with Crippen LogP contribution in [0.1, 0.15) is 34.7 Å². The summed E-state index contributed by atoms with van der Waals surface area (Å²) in [7, 11) is 0. The van der Waals surface area contributed by atoms with Gasteiger partial charge in [0.1, 0.15) is 5.75 Å². The molecule has 1 saturated heterocycles. The number of para-hydroxylation sites is 1. The molecule has 0 radical (unpaired) electrons. The first-order valence-corrected chi connectivity index (χ1v) is 8.99. The van der Waals surface area contributed by atoms with Crippen molar-refractivity contribution >= 4 is 0 Å². The van der Waals surface area contributed by atoms with Crippen molar-refractivity contribution < 1.29 is 4.74 Å². The van der Waals surface area contributed by atoms with Crippen molar-refractivity contribution in [3.63, 3.8) is 0 Å². The van der Waals surface area contributed by atoms with Gasteiger partial charge in [0, 0.05) is 29.5 Å². The van der Waals surface area contributed by atoms with E-state index in [4.69, 9.17) is 4.74 Å². The zero-order chi connectivity index (χ0) is 16.6. The molecule has 3 aromatic carbocycles. The number of hydrogen-bond donors (Lipinski definition) is 1. The van der Waals surface area contributed by atoms with E-state index in [9.17, 15) is 0 Å². The topological polar surface area (TPSA) is 21.3 Å². The molecule has 1 fully saturated rings. The number of hydrogen-bond acceptors (Lipinski definition) is 2. The molecule has 0 aromatic heterocycles. The van der Waals surface area contributed by atoms with Crippen LogP contribution in [-0.4, -0.2) is 6.61 Å². The lowest BCUT2D eigenvalue weighted by Crippen LogP contribution is -2.28. The van der Waals surface area contributed by atoms with Crippen molar-refractivity contribution in [3.8, 4) is 5.75 Å². The molecule has 2 heteroatoms.